The SMILES string of the molecule is C[C@@H]1CS(=O)(=O)C2(CCC2)C(N)=N1. The van der Waals surface area contributed by atoms with E-state index in [1.807, 2.05) is 0 Å². The van der Waals surface area contributed by atoms with Crippen molar-refractivity contribution in [3.63, 3.8) is 0 Å². The molecule has 0 saturated heterocycles. The summed E-state index contributed by atoms with van der Waals surface area (Å²) in [5, 5.41) is 0. The number of nitrogens with zero attached hydrogens (tertiary/aromatic N) is 1. The summed E-state index contributed by atoms with van der Waals surface area (Å²) in [5.41, 5.74) is 5.71. The smallest absolute Gasteiger partial charge is 0.165 e. The van der Waals surface area contributed by atoms with E-state index in [0.717, 1.165) is 6.42 Å². The molecule has 2 aliphatic rings. The minimum Gasteiger partial charge on any atom is -0.386 e. The first-order chi connectivity index (χ1) is 5.98. The Labute approximate surface area is 78.1 Å². The summed E-state index contributed by atoms with van der Waals surface area (Å²) in [6.45, 7) is 1.79. The van der Waals surface area contributed by atoms with Crippen LogP contribution in [0.25, 0.3) is 0 Å². The Kier molecular flexibility index (Phi) is 1.71. The van der Waals surface area contributed by atoms with E-state index in [2.05, 4.69) is 4.99 Å². The fourth-order valence-electron chi connectivity index (χ4n) is 2.09. The second kappa shape index (κ2) is 2.47. The summed E-state index contributed by atoms with van der Waals surface area (Å²) in [5.74, 6) is 0.505. The fraction of sp³-hybridized carbons (Fsp3) is 0.875. The third kappa shape index (κ3) is 1.03. The van der Waals surface area contributed by atoms with Crippen LogP contribution in [0.4, 0.5) is 0 Å². The van der Waals surface area contributed by atoms with E-state index in [1.54, 1.807) is 6.92 Å². The maximum atomic E-state index is 11.8. The third-order valence-electron chi connectivity index (χ3n) is 3.04. The summed E-state index contributed by atoms with van der Waals surface area (Å²) in [4.78, 5) is 4.17. The molecule has 1 spiro atoms. The average molecular weight is 202 g/mol. The van der Waals surface area contributed by atoms with Gasteiger partial charge >= 0.3 is 0 Å². The molecule has 4 nitrogen and oxygen atoms in total. The van der Waals surface area contributed by atoms with Gasteiger partial charge in [-0.1, -0.05) is 0 Å². The van der Waals surface area contributed by atoms with Crippen molar-refractivity contribution < 1.29 is 8.42 Å². The topological polar surface area (TPSA) is 72.5 Å². The number of nitrogens with two attached hydrogens (primary N) is 1. The van der Waals surface area contributed by atoms with Crippen LogP contribution in [-0.4, -0.2) is 30.8 Å². The molecule has 1 aliphatic carbocycles. The molecule has 74 valence electrons. The number of hydrogen-bond acceptors (Lipinski definition) is 4. The second-order valence-electron chi connectivity index (χ2n) is 3.99. The van der Waals surface area contributed by atoms with Gasteiger partial charge in [-0.25, -0.2) is 8.42 Å². The van der Waals surface area contributed by atoms with Crippen LogP contribution >= 0.6 is 0 Å². The van der Waals surface area contributed by atoms with Crippen LogP contribution in [0.2, 0.25) is 0 Å². The fourth-order valence-corrected chi connectivity index (χ4v) is 4.40. The highest BCUT2D eigenvalue weighted by molar-refractivity contribution is 7.93. The zero-order chi connectivity index (χ0) is 9.69. The minimum atomic E-state index is -3.04. The molecule has 1 fully saturated rings. The Bertz CT molecular complexity index is 354. The minimum absolute atomic E-state index is 0.160. The van der Waals surface area contributed by atoms with Crippen molar-refractivity contribution in [2.45, 2.75) is 37.0 Å². The van der Waals surface area contributed by atoms with E-state index in [0.29, 0.717) is 18.7 Å². The van der Waals surface area contributed by atoms with Gasteiger partial charge in [0.2, 0.25) is 0 Å². The summed E-state index contributed by atoms with van der Waals surface area (Å²) in [7, 11) is -3.04. The van der Waals surface area contributed by atoms with Crippen molar-refractivity contribution in [2.75, 3.05) is 5.75 Å². The molecule has 13 heavy (non-hydrogen) atoms. The zero-order valence-corrected chi connectivity index (χ0v) is 8.47. The Hall–Kier alpha value is -0.580. The summed E-state index contributed by atoms with van der Waals surface area (Å²) < 4.78 is 22.9. The highest BCUT2D eigenvalue weighted by atomic mass is 32.2. The van der Waals surface area contributed by atoms with Gasteiger partial charge in [-0.15, -0.1) is 0 Å². The van der Waals surface area contributed by atoms with Crippen molar-refractivity contribution in [1.29, 1.82) is 0 Å². The van der Waals surface area contributed by atoms with Crippen LogP contribution in [0.15, 0.2) is 4.99 Å². The first-order valence-corrected chi connectivity index (χ1v) is 6.19. The van der Waals surface area contributed by atoms with E-state index in [9.17, 15) is 8.42 Å². The van der Waals surface area contributed by atoms with Gasteiger partial charge in [-0.05, 0) is 26.2 Å². The summed E-state index contributed by atoms with van der Waals surface area (Å²) >= 11 is 0. The molecule has 1 saturated carbocycles. The highest BCUT2D eigenvalue weighted by Gasteiger charge is 2.54. The molecule has 0 amide bonds. The van der Waals surface area contributed by atoms with Gasteiger partial charge in [0.1, 0.15) is 10.6 Å². The lowest BCUT2D eigenvalue weighted by Crippen LogP contribution is -2.59. The van der Waals surface area contributed by atoms with E-state index in [4.69, 9.17) is 5.73 Å². The Morgan fingerprint density at radius 3 is 2.54 bits per heavy atom. The Morgan fingerprint density at radius 1 is 1.54 bits per heavy atom. The van der Waals surface area contributed by atoms with Gasteiger partial charge in [-0.3, -0.25) is 4.99 Å². The standard InChI is InChI=1S/C8H14N2O2S/c1-6-5-13(11,12)8(3-2-4-8)7(9)10-6/h6H,2-5H2,1H3,(H2,9,10)/t6-/m1/s1. The van der Waals surface area contributed by atoms with Crippen LogP contribution < -0.4 is 5.73 Å². The Balaban J connectivity index is 2.50. The van der Waals surface area contributed by atoms with E-state index >= 15 is 0 Å². The normalized spacial score (nSPS) is 35.2. The maximum absolute atomic E-state index is 11.8. The molecular weight excluding hydrogens is 188 g/mol. The molecule has 0 bridgehead atoms. The van der Waals surface area contributed by atoms with Crippen LogP contribution in [-0.2, 0) is 9.84 Å². The predicted molar refractivity (Wildman–Crippen MR) is 51.5 cm³/mol. The molecule has 1 atom stereocenters. The quantitative estimate of drug-likeness (QED) is 0.604. The third-order valence-corrected chi connectivity index (χ3v) is 5.77. The molecule has 1 aliphatic heterocycles. The first-order valence-electron chi connectivity index (χ1n) is 4.54. The molecule has 0 aromatic heterocycles. The molecule has 0 unspecified atom stereocenters. The lowest BCUT2D eigenvalue weighted by atomic mass is 9.83. The van der Waals surface area contributed by atoms with Crippen molar-refractivity contribution in [3.05, 3.63) is 0 Å². The number of sulfone groups is 1. The molecule has 2 N–H and O–H groups in total. The van der Waals surface area contributed by atoms with Crippen molar-refractivity contribution in [3.8, 4) is 0 Å². The van der Waals surface area contributed by atoms with Gasteiger partial charge in [0, 0.05) is 0 Å². The summed E-state index contributed by atoms with van der Waals surface area (Å²) in [6.07, 6.45) is 2.28. The van der Waals surface area contributed by atoms with Crippen molar-refractivity contribution >= 4 is 15.7 Å². The largest absolute Gasteiger partial charge is 0.386 e. The van der Waals surface area contributed by atoms with Crippen molar-refractivity contribution in [2.24, 2.45) is 10.7 Å². The zero-order valence-electron chi connectivity index (χ0n) is 7.66. The van der Waals surface area contributed by atoms with Gasteiger partial charge in [0.15, 0.2) is 9.84 Å². The van der Waals surface area contributed by atoms with Crippen molar-refractivity contribution in [1.82, 2.24) is 0 Å². The molecular formula is C8H14N2O2S. The lowest BCUT2D eigenvalue weighted by molar-refractivity contribution is 0.409. The van der Waals surface area contributed by atoms with Gasteiger partial charge in [0.05, 0.1) is 11.8 Å². The maximum Gasteiger partial charge on any atom is 0.165 e. The second-order valence-corrected chi connectivity index (χ2v) is 6.34. The van der Waals surface area contributed by atoms with Crippen LogP contribution in [0.3, 0.4) is 0 Å². The molecule has 2 rings (SSSR count). The van der Waals surface area contributed by atoms with E-state index < -0.39 is 14.6 Å². The number of hydrogen-bond donors (Lipinski definition) is 1. The van der Waals surface area contributed by atoms with Crippen LogP contribution in [0.5, 0.6) is 0 Å². The van der Waals surface area contributed by atoms with Gasteiger partial charge in [0.25, 0.3) is 0 Å². The molecule has 1 heterocycles. The van der Waals surface area contributed by atoms with E-state index in [1.165, 1.54) is 0 Å². The molecule has 0 aromatic rings. The van der Waals surface area contributed by atoms with Crippen LogP contribution in [0.1, 0.15) is 26.2 Å². The first kappa shape index (κ1) is 8.99. The highest BCUT2D eigenvalue weighted by Crippen LogP contribution is 2.42. The number of rotatable bonds is 0. The molecule has 0 radical (unpaired) electrons. The lowest BCUT2D eigenvalue weighted by Gasteiger charge is -2.43. The van der Waals surface area contributed by atoms with Gasteiger partial charge < -0.3 is 5.73 Å². The van der Waals surface area contributed by atoms with Gasteiger partial charge in [-0.2, -0.15) is 0 Å². The summed E-state index contributed by atoms with van der Waals surface area (Å²) in [6, 6.07) is -0.170. The number of aliphatic imine (C=N–C) groups is 1. The van der Waals surface area contributed by atoms with Crippen LogP contribution in [0, 0.1) is 0 Å². The predicted octanol–water partition coefficient (Wildman–Crippen LogP) is 0.0832. The Morgan fingerprint density at radius 2 is 2.15 bits per heavy atom. The monoisotopic (exact) mass is 202 g/mol. The van der Waals surface area contributed by atoms with E-state index in [-0.39, 0.29) is 11.8 Å². The molecule has 5 heteroatoms. The average Bonchev–Trinajstić information content (AvgIpc) is 1.76. The molecule has 0 aromatic carbocycles. The number of amidine groups is 1.